The zero-order valence-corrected chi connectivity index (χ0v) is 26.3. The van der Waals surface area contributed by atoms with E-state index in [-0.39, 0.29) is 36.7 Å². The van der Waals surface area contributed by atoms with Gasteiger partial charge in [-0.2, -0.15) is 0 Å². The number of guanidine groups is 1. The Balaban J connectivity index is 1.59. The van der Waals surface area contributed by atoms with E-state index < -0.39 is 41.0 Å². The number of amides is 4. The van der Waals surface area contributed by atoms with Gasteiger partial charge in [0, 0.05) is 18.7 Å². The van der Waals surface area contributed by atoms with E-state index >= 15 is 0 Å². The van der Waals surface area contributed by atoms with E-state index in [0.29, 0.717) is 5.56 Å². The Morgan fingerprint density at radius 3 is 1.93 bits per heavy atom. The van der Waals surface area contributed by atoms with E-state index in [1.807, 2.05) is 30.3 Å². The molecule has 12 heteroatoms. The Hall–Kier alpha value is -5.26. The van der Waals surface area contributed by atoms with Gasteiger partial charge in [-0.3, -0.25) is 30.0 Å². The Morgan fingerprint density at radius 2 is 1.31 bits per heavy atom. The van der Waals surface area contributed by atoms with Crippen LogP contribution in [0.15, 0.2) is 71.7 Å². The molecule has 0 aliphatic heterocycles. The Kier molecular flexibility index (Phi) is 11.4. The molecule has 3 rings (SSSR count). The summed E-state index contributed by atoms with van der Waals surface area (Å²) in [5, 5.41) is 11.9. The summed E-state index contributed by atoms with van der Waals surface area (Å²) in [6, 6.07) is 19.2. The topological polar surface area (TPSA) is 164 Å². The highest BCUT2D eigenvalue weighted by molar-refractivity contribution is 6.44. The minimum absolute atomic E-state index is 0.0348. The summed E-state index contributed by atoms with van der Waals surface area (Å²) in [7, 11) is 0. The normalized spacial score (nSPS) is 11.2. The van der Waals surface area contributed by atoms with Crippen molar-refractivity contribution in [2.24, 2.45) is 4.99 Å². The molecule has 4 N–H and O–H groups in total. The minimum Gasteiger partial charge on any atom is -0.444 e. The number of nitrogens with zero attached hydrogens (tertiary/aromatic N) is 1. The number of nitrogens with one attached hydrogen (secondary N) is 4. The van der Waals surface area contributed by atoms with Gasteiger partial charge in [0.05, 0.1) is 11.3 Å². The highest BCUT2D eigenvalue weighted by Gasteiger charge is 2.22. The van der Waals surface area contributed by atoms with Crippen molar-refractivity contribution in [3.05, 3.63) is 77.9 Å². The molecule has 0 radical (unpaired) electrons. The predicted octanol–water partition coefficient (Wildman–Crippen LogP) is 5.19. The molecule has 0 aliphatic rings. The van der Waals surface area contributed by atoms with E-state index in [4.69, 9.17) is 9.47 Å². The van der Waals surface area contributed by atoms with Crippen LogP contribution in [0.4, 0.5) is 15.3 Å². The summed E-state index contributed by atoms with van der Waals surface area (Å²) in [5.41, 5.74) is -0.923. The molecule has 0 aliphatic carbocycles. The summed E-state index contributed by atoms with van der Waals surface area (Å²) in [6.07, 6.45) is -1.40. The Labute approximate surface area is 262 Å². The Morgan fingerprint density at radius 1 is 0.733 bits per heavy atom. The zero-order valence-electron chi connectivity index (χ0n) is 26.3. The largest absolute Gasteiger partial charge is 0.444 e. The number of aliphatic imine (C=N–C) groups is 1. The van der Waals surface area contributed by atoms with Crippen molar-refractivity contribution in [1.82, 2.24) is 16.0 Å². The second-order valence-electron chi connectivity index (χ2n) is 12.0. The smallest absolute Gasteiger partial charge is 0.414 e. The average Bonchev–Trinajstić information content (AvgIpc) is 2.94. The van der Waals surface area contributed by atoms with Crippen LogP contribution in [-0.2, 0) is 14.3 Å². The van der Waals surface area contributed by atoms with Gasteiger partial charge in [-0.25, -0.2) is 9.59 Å². The number of benzene rings is 3. The summed E-state index contributed by atoms with van der Waals surface area (Å²) in [4.78, 5) is 67.3. The summed E-state index contributed by atoms with van der Waals surface area (Å²) in [6.45, 7) is 10.2. The van der Waals surface area contributed by atoms with Crippen LogP contribution in [0.25, 0.3) is 10.8 Å². The van der Waals surface area contributed by atoms with Gasteiger partial charge >= 0.3 is 12.2 Å². The first-order valence-corrected chi connectivity index (χ1v) is 14.4. The third kappa shape index (κ3) is 11.4. The van der Waals surface area contributed by atoms with Gasteiger partial charge in [0.25, 0.3) is 17.6 Å². The fraction of sp³-hybridized carbons (Fsp3) is 0.333. The number of hydrogen-bond donors (Lipinski definition) is 4. The van der Waals surface area contributed by atoms with Gasteiger partial charge in [0.2, 0.25) is 5.96 Å². The lowest BCUT2D eigenvalue weighted by Crippen LogP contribution is -2.47. The first kappa shape index (κ1) is 34.2. The number of hydrogen-bond acceptors (Lipinski definition) is 8. The Bertz CT molecular complexity index is 1570. The summed E-state index contributed by atoms with van der Waals surface area (Å²) >= 11 is 0. The van der Waals surface area contributed by atoms with Crippen LogP contribution in [0.5, 0.6) is 0 Å². The van der Waals surface area contributed by atoms with Crippen LogP contribution in [0, 0.1) is 0 Å². The molecule has 0 atom stereocenters. The molecule has 3 aromatic carbocycles. The van der Waals surface area contributed by atoms with E-state index in [1.54, 1.807) is 71.9 Å². The number of rotatable bonds is 8. The van der Waals surface area contributed by atoms with Gasteiger partial charge < -0.3 is 20.1 Å². The van der Waals surface area contributed by atoms with Gasteiger partial charge in [0.15, 0.2) is 0 Å². The van der Waals surface area contributed by atoms with Crippen LogP contribution in [-0.4, -0.2) is 60.0 Å². The predicted molar refractivity (Wildman–Crippen MR) is 171 cm³/mol. The lowest BCUT2D eigenvalue weighted by Gasteiger charge is -2.22. The van der Waals surface area contributed by atoms with E-state index in [1.165, 1.54) is 6.07 Å². The second-order valence-corrected chi connectivity index (χ2v) is 12.0. The van der Waals surface area contributed by atoms with Gasteiger partial charge in [0.1, 0.15) is 11.2 Å². The number of Topliss-reactive ketones (excluding diaryl/α,β-unsaturated/α-hetero) is 1. The fourth-order valence-electron chi connectivity index (χ4n) is 3.90. The number of carbonyl (C=O) groups excluding carboxylic acids is 5. The van der Waals surface area contributed by atoms with E-state index in [2.05, 4.69) is 26.3 Å². The molecule has 0 aromatic heterocycles. The molecule has 45 heavy (non-hydrogen) atoms. The van der Waals surface area contributed by atoms with Crippen LogP contribution in [0.3, 0.4) is 0 Å². The lowest BCUT2D eigenvalue weighted by atomic mass is 10.1. The summed E-state index contributed by atoms with van der Waals surface area (Å²) < 4.78 is 10.4. The number of anilines is 1. The number of alkyl carbamates (subject to hydrolysis) is 2. The highest BCUT2D eigenvalue weighted by atomic mass is 16.6. The SMILES string of the molecule is CC(C)(C)OC(=O)NC(=NCCCNC(=O)C(=O)c1ccccc1NC(=O)c1ccc2ccccc2c1)NC(=O)OC(C)(C)C. The van der Waals surface area contributed by atoms with Gasteiger partial charge in [-0.1, -0.05) is 42.5 Å². The number of para-hydroxylation sites is 1. The maximum Gasteiger partial charge on any atom is 0.414 e. The van der Waals surface area contributed by atoms with Crippen LogP contribution in [0.1, 0.15) is 68.7 Å². The molecule has 0 unspecified atom stereocenters. The lowest BCUT2D eigenvalue weighted by molar-refractivity contribution is -0.117. The number of ketones is 1. The second kappa shape index (κ2) is 15.0. The molecule has 4 amide bonds. The maximum atomic E-state index is 13.0. The molecule has 238 valence electrons. The van der Waals surface area contributed by atoms with Crippen LogP contribution < -0.4 is 21.3 Å². The van der Waals surface area contributed by atoms with E-state index in [9.17, 15) is 24.0 Å². The van der Waals surface area contributed by atoms with Crippen LogP contribution in [0.2, 0.25) is 0 Å². The molecular formula is C33H39N5O7. The van der Waals surface area contributed by atoms with Crippen molar-refractivity contribution >= 4 is 52.2 Å². The van der Waals surface area contributed by atoms with Crippen molar-refractivity contribution in [3.63, 3.8) is 0 Å². The number of carbonyl (C=O) groups is 5. The molecule has 0 saturated carbocycles. The maximum absolute atomic E-state index is 13.0. The third-order valence-electron chi connectivity index (χ3n) is 5.77. The number of ether oxygens (including phenoxy) is 2. The summed E-state index contributed by atoms with van der Waals surface area (Å²) in [5.74, 6) is -2.32. The third-order valence-corrected chi connectivity index (χ3v) is 5.77. The van der Waals surface area contributed by atoms with Crippen molar-refractivity contribution in [1.29, 1.82) is 0 Å². The quantitative estimate of drug-likeness (QED) is 0.0888. The minimum atomic E-state index is -0.870. The monoisotopic (exact) mass is 617 g/mol. The molecule has 12 nitrogen and oxygen atoms in total. The van der Waals surface area contributed by atoms with Gasteiger partial charge in [-0.05, 0) is 83.0 Å². The molecule has 0 saturated heterocycles. The van der Waals surface area contributed by atoms with Crippen molar-refractivity contribution in [3.8, 4) is 0 Å². The molecular weight excluding hydrogens is 578 g/mol. The molecule has 0 bridgehead atoms. The van der Waals surface area contributed by atoms with Crippen molar-refractivity contribution in [2.75, 3.05) is 18.4 Å². The fourth-order valence-corrected chi connectivity index (χ4v) is 3.90. The zero-order chi connectivity index (χ0) is 33.2. The van der Waals surface area contributed by atoms with Gasteiger partial charge in [-0.15, -0.1) is 0 Å². The first-order valence-electron chi connectivity index (χ1n) is 14.4. The standard InChI is InChI=1S/C33H39N5O7/c1-32(2,3)44-30(42)37-29(38-31(43)45-33(4,5)6)35-19-11-18-34-28(41)26(39)24-14-9-10-15-25(24)36-27(40)23-17-16-21-12-7-8-13-22(21)20-23/h7-10,12-17,20H,11,18-19H2,1-6H3,(H,34,41)(H,36,40)(H2,35,37,38,42,43). The molecule has 0 heterocycles. The average molecular weight is 618 g/mol. The van der Waals surface area contributed by atoms with Crippen molar-refractivity contribution < 1.29 is 33.4 Å². The van der Waals surface area contributed by atoms with Crippen LogP contribution >= 0.6 is 0 Å². The first-order chi connectivity index (χ1) is 21.1. The van der Waals surface area contributed by atoms with E-state index in [0.717, 1.165) is 10.8 Å². The molecule has 0 spiro atoms. The number of fused-ring (bicyclic) bond motifs is 1. The van der Waals surface area contributed by atoms with Crippen molar-refractivity contribution in [2.45, 2.75) is 59.2 Å². The molecule has 0 fully saturated rings. The molecule has 3 aromatic rings. The highest BCUT2D eigenvalue weighted by Crippen LogP contribution is 2.20.